The second-order valence-electron chi connectivity index (χ2n) is 5.95. The smallest absolute Gasteiger partial charge is 0.332 e. The van der Waals surface area contributed by atoms with Crippen LogP contribution in [0.25, 0.3) is 0 Å². The van der Waals surface area contributed by atoms with Gasteiger partial charge in [-0.1, -0.05) is 19.8 Å². The number of hydrogen-bond donors (Lipinski definition) is 2. The third kappa shape index (κ3) is 2.46. The Labute approximate surface area is 118 Å². The lowest BCUT2D eigenvalue weighted by Gasteiger charge is -2.28. The molecular formula is C14H24N4O2. The van der Waals surface area contributed by atoms with E-state index in [1.165, 1.54) is 11.6 Å². The first kappa shape index (κ1) is 14.7. The minimum Gasteiger partial charge on any atom is -0.383 e. The van der Waals surface area contributed by atoms with Crippen LogP contribution in [-0.2, 0) is 13.6 Å². The van der Waals surface area contributed by atoms with E-state index < -0.39 is 0 Å². The monoisotopic (exact) mass is 280 g/mol. The quantitative estimate of drug-likeness (QED) is 0.870. The Balaban J connectivity index is 2.52. The zero-order valence-electron chi connectivity index (χ0n) is 12.5. The molecule has 0 bridgehead atoms. The molecule has 1 aromatic rings. The van der Waals surface area contributed by atoms with Gasteiger partial charge in [0.15, 0.2) is 0 Å². The highest BCUT2D eigenvalue weighted by Gasteiger charge is 2.30. The molecule has 1 saturated carbocycles. The lowest BCUT2D eigenvalue weighted by Crippen LogP contribution is -2.43. The molecule has 1 aromatic heterocycles. The van der Waals surface area contributed by atoms with Crippen molar-refractivity contribution in [1.82, 2.24) is 9.13 Å². The molecule has 1 fully saturated rings. The van der Waals surface area contributed by atoms with Crippen molar-refractivity contribution in [2.45, 2.75) is 58.0 Å². The number of aromatic nitrogens is 2. The first-order chi connectivity index (χ1) is 9.39. The molecule has 0 radical (unpaired) electrons. The summed E-state index contributed by atoms with van der Waals surface area (Å²) in [5, 5.41) is 3.30. The molecule has 0 aliphatic heterocycles. The lowest BCUT2D eigenvalue weighted by molar-refractivity contribution is 0.527. The van der Waals surface area contributed by atoms with Gasteiger partial charge in [0.25, 0.3) is 5.56 Å². The van der Waals surface area contributed by atoms with Crippen molar-refractivity contribution < 1.29 is 0 Å². The number of rotatable bonds is 4. The van der Waals surface area contributed by atoms with Crippen molar-refractivity contribution in [3.8, 4) is 0 Å². The summed E-state index contributed by atoms with van der Waals surface area (Å²) in [6, 6.07) is 0. The summed E-state index contributed by atoms with van der Waals surface area (Å²) >= 11 is 0. The lowest BCUT2D eigenvalue weighted by atomic mass is 10.0. The zero-order valence-corrected chi connectivity index (χ0v) is 12.5. The van der Waals surface area contributed by atoms with Gasteiger partial charge in [-0.2, -0.15) is 0 Å². The third-order valence-corrected chi connectivity index (χ3v) is 4.16. The predicted molar refractivity (Wildman–Crippen MR) is 81.1 cm³/mol. The molecule has 0 spiro atoms. The molecule has 3 N–H and O–H groups in total. The van der Waals surface area contributed by atoms with Gasteiger partial charge in [-0.25, -0.2) is 4.79 Å². The molecule has 1 heterocycles. The van der Waals surface area contributed by atoms with Gasteiger partial charge in [0.05, 0.1) is 0 Å². The van der Waals surface area contributed by atoms with Crippen molar-refractivity contribution in [3.63, 3.8) is 0 Å². The van der Waals surface area contributed by atoms with Gasteiger partial charge in [0.1, 0.15) is 11.5 Å². The van der Waals surface area contributed by atoms with E-state index in [9.17, 15) is 9.59 Å². The summed E-state index contributed by atoms with van der Waals surface area (Å²) in [7, 11) is 1.50. The van der Waals surface area contributed by atoms with E-state index in [0.29, 0.717) is 12.2 Å². The summed E-state index contributed by atoms with van der Waals surface area (Å²) in [5.74, 6) is 0.257. The molecule has 0 aromatic carbocycles. The fraction of sp³-hybridized carbons (Fsp3) is 0.714. The summed E-state index contributed by atoms with van der Waals surface area (Å²) in [4.78, 5) is 24.4. The molecule has 6 nitrogen and oxygen atoms in total. The first-order valence-corrected chi connectivity index (χ1v) is 7.27. The molecule has 0 saturated heterocycles. The summed E-state index contributed by atoms with van der Waals surface area (Å²) in [6.45, 7) is 4.60. The maximum Gasteiger partial charge on any atom is 0.332 e. The molecule has 0 atom stereocenters. The summed E-state index contributed by atoms with van der Waals surface area (Å²) in [6.07, 6.45) is 5.13. The van der Waals surface area contributed by atoms with Crippen LogP contribution in [0.4, 0.5) is 11.5 Å². The Morgan fingerprint density at radius 3 is 2.45 bits per heavy atom. The number of nitrogens with one attached hydrogen (secondary N) is 1. The van der Waals surface area contributed by atoms with Crippen molar-refractivity contribution in [1.29, 1.82) is 0 Å². The highest BCUT2D eigenvalue weighted by Crippen LogP contribution is 2.32. The van der Waals surface area contributed by atoms with Crippen molar-refractivity contribution in [2.24, 2.45) is 7.05 Å². The van der Waals surface area contributed by atoms with Crippen LogP contribution in [0.15, 0.2) is 9.59 Å². The van der Waals surface area contributed by atoms with E-state index in [0.717, 1.165) is 36.7 Å². The molecule has 1 aliphatic carbocycles. The summed E-state index contributed by atoms with van der Waals surface area (Å²) in [5.41, 5.74) is 5.64. The molecular weight excluding hydrogens is 256 g/mol. The van der Waals surface area contributed by atoms with Crippen molar-refractivity contribution in [2.75, 3.05) is 11.1 Å². The Kier molecular flexibility index (Phi) is 3.92. The van der Waals surface area contributed by atoms with Gasteiger partial charge in [0.2, 0.25) is 0 Å². The van der Waals surface area contributed by atoms with Crippen molar-refractivity contribution >= 4 is 11.5 Å². The van der Waals surface area contributed by atoms with Gasteiger partial charge < -0.3 is 11.1 Å². The highest BCUT2D eigenvalue weighted by molar-refractivity contribution is 5.62. The van der Waals surface area contributed by atoms with Crippen LogP contribution in [-0.4, -0.2) is 14.7 Å². The number of nitrogens with two attached hydrogens (primary N) is 1. The van der Waals surface area contributed by atoms with E-state index >= 15 is 0 Å². The normalized spacial score (nSPS) is 17.4. The number of nitrogen functional groups attached to an aromatic ring is 1. The second kappa shape index (κ2) is 5.34. The SMILES string of the molecule is CCCn1c(N)c(NC2(C)CCCC2)c(=O)n(C)c1=O. The molecule has 1 aliphatic rings. The van der Waals surface area contributed by atoms with Gasteiger partial charge in [-0.05, 0) is 26.2 Å². The Morgan fingerprint density at radius 1 is 1.30 bits per heavy atom. The van der Waals surface area contributed by atoms with Gasteiger partial charge in [-0.3, -0.25) is 13.9 Å². The molecule has 6 heteroatoms. The molecule has 112 valence electrons. The average molecular weight is 280 g/mol. The minimum absolute atomic E-state index is 0.102. The van der Waals surface area contributed by atoms with Crippen LogP contribution in [0, 0.1) is 0 Å². The first-order valence-electron chi connectivity index (χ1n) is 7.27. The van der Waals surface area contributed by atoms with Gasteiger partial charge >= 0.3 is 5.69 Å². The fourth-order valence-corrected chi connectivity index (χ4v) is 2.92. The standard InChI is InChI=1S/C14H24N4O2/c1-4-9-18-11(15)10(12(19)17(3)13(18)20)16-14(2)7-5-6-8-14/h16H,4-9,15H2,1-3H3. The van der Waals surface area contributed by atoms with E-state index in [2.05, 4.69) is 12.2 Å². The minimum atomic E-state index is -0.350. The topological polar surface area (TPSA) is 82.0 Å². The van der Waals surface area contributed by atoms with Gasteiger partial charge in [0, 0.05) is 19.1 Å². The fourth-order valence-electron chi connectivity index (χ4n) is 2.92. The van der Waals surface area contributed by atoms with Gasteiger partial charge in [-0.15, -0.1) is 0 Å². The van der Waals surface area contributed by atoms with Crippen LogP contribution in [0.3, 0.4) is 0 Å². The Bertz CT molecular complexity index is 609. The van der Waals surface area contributed by atoms with Crippen LogP contribution >= 0.6 is 0 Å². The van der Waals surface area contributed by atoms with E-state index in [1.54, 1.807) is 0 Å². The van der Waals surface area contributed by atoms with E-state index in [1.807, 2.05) is 6.92 Å². The summed E-state index contributed by atoms with van der Waals surface area (Å²) < 4.78 is 2.61. The van der Waals surface area contributed by atoms with Crippen LogP contribution < -0.4 is 22.3 Å². The van der Waals surface area contributed by atoms with Crippen LogP contribution in [0.1, 0.15) is 46.0 Å². The predicted octanol–water partition coefficient (Wildman–Crippen LogP) is 1.28. The maximum atomic E-state index is 12.3. The Hall–Kier alpha value is -1.72. The number of hydrogen-bond acceptors (Lipinski definition) is 4. The molecule has 20 heavy (non-hydrogen) atoms. The van der Waals surface area contributed by atoms with E-state index in [4.69, 9.17) is 5.73 Å². The largest absolute Gasteiger partial charge is 0.383 e. The second-order valence-corrected chi connectivity index (χ2v) is 5.95. The van der Waals surface area contributed by atoms with Crippen LogP contribution in [0.5, 0.6) is 0 Å². The zero-order chi connectivity index (χ0) is 14.9. The third-order valence-electron chi connectivity index (χ3n) is 4.16. The van der Waals surface area contributed by atoms with Crippen molar-refractivity contribution in [3.05, 3.63) is 20.8 Å². The average Bonchev–Trinajstić information content (AvgIpc) is 2.85. The molecule has 0 amide bonds. The Morgan fingerprint density at radius 2 is 1.90 bits per heavy atom. The van der Waals surface area contributed by atoms with Crippen LogP contribution in [0.2, 0.25) is 0 Å². The molecule has 2 rings (SSSR count). The number of anilines is 2. The molecule has 0 unspecified atom stereocenters. The number of nitrogens with zero attached hydrogens (tertiary/aromatic N) is 2. The maximum absolute atomic E-state index is 12.3. The highest BCUT2D eigenvalue weighted by atomic mass is 16.2. The van der Waals surface area contributed by atoms with E-state index in [-0.39, 0.29) is 22.6 Å².